The Balaban J connectivity index is 1.40. The van der Waals surface area contributed by atoms with Gasteiger partial charge in [-0.15, -0.1) is 0 Å². The molecule has 0 atom stereocenters. The third kappa shape index (κ3) is 3.39. The van der Waals surface area contributed by atoms with Crippen LogP contribution in [-0.4, -0.2) is 36.7 Å². The van der Waals surface area contributed by atoms with Crippen LogP contribution in [0.25, 0.3) is 33.3 Å². The fourth-order valence-electron chi connectivity index (χ4n) is 4.17. The number of pyridine rings is 1. The van der Waals surface area contributed by atoms with Crippen molar-refractivity contribution in [2.45, 2.75) is 31.8 Å². The fraction of sp³-hybridized carbons (Fsp3) is 0.318. The van der Waals surface area contributed by atoms with E-state index in [1.165, 1.54) is 0 Å². The van der Waals surface area contributed by atoms with Gasteiger partial charge in [0.2, 0.25) is 0 Å². The van der Waals surface area contributed by atoms with E-state index in [0.717, 1.165) is 16.5 Å². The van der Waals surface area contributed by atoms with Gasteiger partial charge in [0, 0.05) is 29.7 Å². The normalized spacial score (nSPS) is 19.4. The first-order valence-corrected chi connectivity index (χ1v) is 10.4. The number of H-pyrrole nitrogens is 1. The summed E-state index contributed by atoms with van der Waals surface area (Å²) in [5, 5.41) is 10.8. The second kappa shape index (κ2) is 7.32. The quantitative estimate of drug-likeness (QED) is 0.491. The number of aromatic amines is 1. The summed E-state index contributed by atoms with van der Waals surface area (Å²) in [4.78, 5) is 23.4. The number of imidazole rings is 1. The standard InChI is InChI=1S/C22H21ClN4O3/c1-27-9-8-13-10-14(4-7-18(13)27)19-16(23)11-17-20(25-19)26-22(24-17)30-15-5-2-12(3-6-15)21(28)29/h4,7-12,15H,2-3,5-6H2,1H3,(H,28,29)(H,24,25,26). The lowest BCUT2D eigenvalue weighted by molar-refractivity contribution is -0.143. The van der Waals surface area contributed by atoms with Gasteiger partial charge in [-0.25, -0.2) is 4.98 Å². The van der Waals surface area contributed by atoms with Gasteiger partial charge in [0.1, 0.15) is 6.10 Å². The van der Waals surface area contributed by atoms with Crippen molar-refractivity contribution in [2.24, 2.45) is 13.0 Å². The topological polar surface area (TPSA) is 93.0 Å². The average Bonchev–Trinajstić information content (AvgIpc) is 3.29. The number of rotatable bonds is 4. The lowest BCUT2D eigenvalue weighted by atomic mass is 9.87. The van der Waals surface area contributed by atoms with Crippen molar-refractivity contribution in [3.63, 3.8) is 0 Å². The zero-order chi connectivity index (χ0) is 20.8. The Labute approximate surface area is 177 Å². The molecule has 30 heavy (non-hydrogen) atoms. The first kappa shape index (κ1) is 18.9. The third-order valence-corrected chi connectivity index (χ3v) is 6.15. The maximum Gasteiger partial charge on any atom is 0.306 e. The summed E-state index contributed by atoms with van der Waals surface area (Å²) < 4.78 is 8.04. The second-order valence-electron chi connectivity index (χ2n) is 7.86. The van der Waals surface area contributed by atoms with Gasteiger partial charge in [-0.1, -0.05) is 17.7 Å². The summed E-state index contributed by atoms with van der Waals surface area (Å²) >= 11 is 6.53. The van der Waals surface area contributed by atoms with Crippen molar-refractivity contribution in [1.82, 2.24) is 19.5 Å². The van der Waals surface area contributed by atoms with Crippen LogP contribution in [0.15, 0.2) is 36.5 Å². The van der Waals surface area contributed by atoms with Gasteiger partial charge in [-0.05, 0) is 49.9 Å². The second-order valence-corrected chi connectivity index (χ2v) is 8.27. The highest BCUT2D eigenvalue weighted by molar-refractivity contribution is 6.33. The summed E-state index contributed by atoms with van der Waals surface area (Å²) in [6, 6.07) is 10.4. The third-order valence-electron chi connectivity index (χ3n) is 5.87. The van der Waals surface area contributed by atoms with Crippen molar-refractivity contribution in [3.8, 4) is 17.3 Å². The lowest BCUT2D eigenvalue weighted by Gasteiger charge is -2.25. The molecule has 0 amide bonds. The van der Waals surface area contributed by atoms with E-state index in [2.05, 4.69) is 37.7 Å². The number of hydrogen-bond donors (Lipinski definition) is 2. The van der Waals surface area contributed by atoms with Crippen molar-refractivity contribution in [1.29, 1.82) is 0 Å². The van der Waals surface area contributed by atoms with Crippen molar-refractivity contribution < 1.29 is 14.6 Å². The number of aromatic nitrogens is 4. The zero-order valence-electron chi connectivity index (χ0n) is 16.4. The minimum atomic E-state index is -0.725. The molecule has 3 aromatic heterocycles. The Bertz CT molecular complexity index is 1250. The molecule has 0 saturated heterocycles. The molecule has 154 valence electrons. The van der Waals surface area contributed by atoms with E-state index in [4.69, 9.17) is 21.4 Å². The number of nitrogens with one attached hydrogen (secondary N) is 1. The molecule has 0 radical (unpaired) electrons. The van der Waals surface area contributed by atoms with Crippen LogP contribution in [0, 0.1) is 5.92 Å². The Morgan fingerprint density at radius 3 is 2.77 bits per heavy atom. The largest absolute Gasteiger partial charge is 0.481 e. The minimum Gasteiger partial charge on any atom is -0.481 e. The van der Waals surface area contributed by atoms with Crippen LogP contribution in [0.3, 0.4) is 0 Å². The Hall–Kier alpha value is -3.06. The van der Waals surface area contributed by atoms with Crippen LogP contribution in [-0.2, 0) is 11.8 Å². The number of hydrogen-bond acceptors (Lipinski definition) is 4. The predicted octanol–water partition coefficient (Wildman–Crippen LogP) is 4.79. The highest BCUT2D eigenvalue weighted by Crippen LogP contribution is 2.32. The summed E-state index contributed by atoms with van der Waals surface area (Å²) in [6.45, 7) is 0. The molecule has 1 aliphatic carbocycles. The average molecular weight is 425 g/mol. The van der Waals surface area contributed by atoms with Crippen LogP contribution < -0.4 is 4.74 Å². The molecule has 8 heteroatoms. The predicted molar refractivity (Wildman–Crippen MR) is 115 cm³/mol. The number of halogens is 1. The first-order valence-electron chi connectivity index (χ1n) is 9.99. The molecule has 0 spiro atoms. The van der Waals surface area contributed by atoms with Gasteiger partial charge >= 0.3 is 5.97 Å². The van der Waals surface area contributed by atoms with Crippen molar-refractivity contribution >= 4 is 39.6 Å². The molecule has 0 bridgehead atoms. The van der Waals surface area contributed by atoms with Gasteiger partial charge in [-0.2, -0.15) is 4.98 Å². The SMILES string of the molecule is Cn1ccc2cc(-c3nc4nc(OC5CCC(C(=O)O)CC5)[nH]c4cc3Cl)ccc21. The van der Waals surface area contributed by atoms with E-state index >= 15 is 0 Å². The van der Waals surface area contributed by atoms with Gasteiger partial charge in [0.25, 0.3) is 6.01 Å². The minimum absolute atomic E-state index is 0.0448. The molecule has 0 aliphatic heterocycles. The van der Waals surface area contributed by atoms with Crippen LogP contribution >= 0.6 is 11.6 Å². The first-order chi connectivity index (χ1) is 14.5. The van der Waals surface area contributed by atoms with Crippen LogP contribution in [0.4, 0.5) is 0 Å². The van der Waals surface area contributed by atoms with Gasteiger partial charge in [-0.3, -0.25) is 4.79 Å². The van der Waals surface area contributed by atoms with E-state index < -0.39 is 5.97 Å². The molecule has 1 saturated carbocycles. The number of carboxylic acid groups (broad SMARTS) is 1. The van der Waals surface area contributed by atoms with E-state index in [9.17, 15) is 4.79 Å². The molecular weight excluding hydrogens is 404 g/mol. The fourth-order valence-corrected chi connectivity index (χ4v) is 4.43. The maximum absolute atomic E-state index is 11.1. The Morgan fingerprint density at radius 1 is 1.20 bits per heavy atom. The van der Waals surface area contributed by atoms with E-state index in [-0.39, 0.29) is 12.0 Å². The van der Waals surface area contributed by atoms with E-state index in [0.29, 0.717) is 53.6 Å². The van der Waals surface area contributed by atoms with Gasteiger partial charge < -0.3 is 19.4 Å². The van der Waals surface area contributed by atoms with E-state index in [1.807, 2.05) is 25.4 Å². The molecule has 1 fully saturated rings. The highest BCUT2D eigenvalue weighted by Gasteiger charge is 2.27. The number of carbonyl (C=O) groups is 1. The molecule has 4 aromatic rings. The number of benzene rings is 1. The summed E-state index contributed by atoms with van der Waals surface area (Å²) in [7, 11) is 2.01. The van der Waals surface area contributed by atoms with Crippen LogP contribution in [0.5, 0.6) is 6.01 Å². The van der Waals surface area contributed by atoms with E-state index in [1.54, 1.807) is 0 Å². The molecule has 0 unspecified atom stereocenters. The molecule has 1 aromatic carbocycles. The molecule has 5 rings (SSSR count). The smallest absolute Gasteiger partial charge is 0.306 e. The number of ether oxygens (including phenoxy) is 1. The number of aliphatic carboxylic acids is 1. The van der Waals surface area contributed by atoms with Crippen molar-refractivity contribution in [3.05, 3.63) is 41.6 Å². The number of aryl methyl sites for hydroxylation is 1. The van der Waals surface area contributed by atoms with Crippen LogP contribution in [0.1, 0.15) is 25.7 Å². The van der Waals surface area contributed by atoms with Gasteiger partial charge in [0.15, 0.2) is 5.65 Å². The molecule has 7 nitrogen and oxygen atoms in total. The summed E-state index contributed by atoms with van der Waals surface area (Å²) in [5.41, 5.74) is 3.99. The highest BCUT2D eigenvalue weighted by atomic mass is 35.5. The monoisotopic (exact) mass is 424 g/mol. The van der Waals surface area contributed by atoms with Gasteiger partial charge in [0.05, 0.1) is 22.2 Å². The molecule has 1 aliphatic rings. The lowest BCUT2D eigenvalue weighted by Crippen LogP contribution is -2.28. The summed E-state index contributed by atoms with van der Waals surface area (Å²) in [5.74, 6) is -0.997. The van der Waals surface area contributed by atoms with Crippen LogP contribution in [0.2, 0.25) is 5.02 Å². The molecule has 3 heterocycles. The Kier molecular flexibility index (Phi) is 4.62. The number of nitrogens with zero attached hydrogens (tertiary/aromatic N) is 3. The zero-order valence-corrected chi connectivity index (χ0v) is 17.2. The summed E-state index contributed by atoms with van der Waals surface area (Å²) in [6.07, 6.45) is 4.62. The maximum atomic E-state index is 11.1. The van der Waals surface area contributed by atoms with Crippen molar-refractivity contribution in [2.75, 3.05) is 0 Å². The molecule has 2 N–H and O–H groups in total. The Morgan fingerprint density at radius 2 is 2.00 bits per heavy atom. The molecular formula is C22H21ClN4O3. The number of fused-ring (bicyclic) bond motifs is 2. The number of carboxylic acids is 1.